The van der Waals surface area contributed by atoms with E-state index in [0.717, 1.165) is 0 Å². The Morgan fingerprint density at radius 3 is 3.00 bits per heavy atom. The molecule has 14 heavy (non-hydrogen) atoms. The van der Waals surface area contributed by atoms with Crippen LogP contribution in [0.1, 0.15) is 0 Å². The number of aromatic amines is 1. The van der Waals surface area contributed by atoms with Crippen molar-refractivity contribution in [1.82, 2.24) is 15.0 Å². The van der Waals surface area contributed by atoms with Crippen molar-refractivity contribution < 1.29 is 9.66 Å². The van der Waals surface area contributed by atoms with Crippen LogP contribution in [0.15, 0.2) is 12.5 Å². The molecule has 2 rings (SSSR count). The van der Waals surface area contributed by atoms with E-state index in [1.807, 2.05) is 0 Å². The minimum Gasteiger partial charge on any atom is -0.480 e. The summed E-state index contributed by atoms with van der Waals surface area (Å²) in [5.74, 6) is 0.197. The minimum atomic E-state index is -0.509. The predicted molar refractivity (Wildman–Crippen MR) is 47.1 cm³/mol. The van der Waals surface area contributed by atoms with Crippen molar-refractivity contribution in [3.8, 4) is 5.88 Å². The van der Waals surface area contributed by atoms with Crippen LogP contribution in [0.5, 0.6) is 5.88 Å². The molecule has 0 aromatic carbocycles. The van der Waals surface area contributed by atoms with Crippen molar-refractivity contribution in [1.29, 1.82) is 0 Å². The third-order valence-electron chi connectivity index (χ3n) is 1.80. The fourth-order valence-corrected chi connectivity index (χ4v) is 1.22. The maximum atomic E-state index is 10.6. The summed E-state index contributed by atoms with van der Waals surface area (Å²) in [5.41, 5.74) is 0.306. The molecule has 0 spiro atoms. The molecular formula is C7H6N4O3. The molecule has 0 saturated heterocycles. The van der Waals surface area contributed by atoms with E-state index in [9.17, 15) is 10.1 Å². The summed E-state index contributed by atoms with van der Waals surface area (Å²) in [5, 5.41) is 10.9. The van der Waals surface area contributed by atoms with Gasteiger partial charge in [-0.3, -0.25) is 10.1 Å². The molecular weight excluding hydrogens is 188 g/mol. The predicted octanol–water partition coefficient (Wildman–Crippen LogP) is 0.875. The van der Waals surface area contributed by atoms with Crippen LogP contribution < -0.4 is 4.74 Å². The van der Waals surface area contributed by atoms with Crippen LogP contribution in [-0.4, -0.2) is 27.0 Å². The van der Waals surface area contributed by atoms with Gasteiger partial charge in [-0.15, -0.1) is 0 Å². The van der Waals surface area contributed by atoms with E-state index in [1.54, 1.807) is 0 Å². The van der Waals surface area contributed by atoms with Gasteiger partial charge in [-0.25, -0.2) is 9.97 Å². The molecule has 1 N–H and O–H groups in total. The highest BCUT2D eigenvalue weighted by Crippen LogP contribution is 2.29. The second kappa shape index (κ2) is 2.95. The van der Waals surface area contributed by atoms with Gasteiger partial charge in [0.15, 0.2) is 11.0 Å². The number of hydrogen-bond acceptors (Lipinski definition) is 5. The first-order valence-electron chi connectivity index (χ1n) is 3.74. The molecule has 0 fully saturated rings. The van der Waals surface area contributed by atoms with E-state index in [2.05, 4.69) is 15.0 Å². The third kappa shape index (κ3) is 1.06. The summed E-state index contributed by atoms with van der Waals surface area (Å²) in [6.45, 7) is 0. The number of hydrogen-bond donors (Lipinski definition) is 1. The highest BCUT2D eigenvalue weighted by atomic mass is 16.6. The Bertz CT molecular complexity index is 493. The molecule has 72 valence electrons. The van der Waals surface area contributed by atoms with E-state index >= 15 is 0 Å². The van der Waals surface area contributed by atoms with E-state index in [-0.39, 0.29) is 11.6 Å². The maximum absolute atomic E-state index is 10.6. The summed E-state index contributed by atoms with van der Waals surface area (Å²) < 4.78 is 4.90. The molecule has 0 amide bonds. The number of ether oxygens (including phenoxy) is 1. The van der Waals surface area contributed by atoms with Crippen LogP contribution >= 0.6 is 0 Å². The molecule has 0 aliphatic rings. The third-order valence-corrected chi connectivity index (χ3v) is 1.80. The van der Waals surface area contributed by atoms with Crippen LogP contribution in [0.25, 0.3) is 11.0 Å². The second-order valence-corrected chi connectivity index (χ2v) is 2.54. The molecule has 2 heterocycles. The quantitative estimate of drug-likeness (QED) is 0.565. The lowest BCUT2D eigenvalue weighted by Gasteiger charge is -1.97. The van der Waals surface area contributed by atoms with E-state index in [4.69, 9.17) is 4.74 Å². The molecule has 0 radical (unpaired) electrons. The number of rotatable bonds is 2. The van der Waals surface area contributed by atoms with Gasteiger partial charge in [0.2, 0.25) is 5.88 Å². The highest BCUT2D eigenvalue weighted by Gasteiger charge is 2.19. The molecule has 2 aromatic rings. The number of nitrogens with one attached hydrogen (secondary N) is 1. The largest absolute Gasteiger partial charge is 0.480 e. The van der Waals surface area contributed by atoms with Crippen LogP contribution in [-0.2, 0) is 0 Å². The zero-order chi connectivity index (χ0) is 10.1. The van der Waals surface area contributed by atoms with Crippen molar-refractivity contribution in [2.24, 2.45) is 0 Å². The Labute approximate surface area is 77.9 Å². The van der Waals surface area contributed by atoms with Crippen LogP contribution in [0.4, 0.5) is 5.69 Å². The first-order chi connectivity index (χ1) is 6.74. The molecule has 2 aromatic heterocycles. The van der Waals surface area contributed by atoms with Crippen LogP contribution in [0.2, 0.25) is 0 Å². The fourth-order valence-electron chi connectivity index (χ4n) is 1.22. The van der Waals surface area contributed by atoms with Gasteiger partial charge in [0.25, 0.3) is 0 Å². The molecule has 0 atom stereocenters. The average molecular weight is 194 g/mol. The maximum Gasteiger partial charge on any atom is 0.301 e. The van der Waals surface area contributed by atoms with E-state index in [1.165, 1.54) is 19.6 Å². The lowest BCUT2D eigenvalue weighted by atomic mass is 10.3. The smallest absolute Gasteiger partial charge is 0.301 e. The van der Waals surface area contributed by atoms with Crippen molar-refractivity contribution in [3.63, 3.8) is 0 Å². The molecule has 0 aliphatic heterocycles. The van der Waals surface area contributed by atoms with Gasteiger partial charge in [-0.1, -0.05) is 0 Å². The Hall–Kier alpha value is -2.18. The number of fused-ring (bicyclic) bond motifs is 1. The topological polar surface area (TPSA) is 93.9 Å². The summed E-state index contributed by atoms with van der Waals surface area (Å²) in [4.78, 5) is 20.4. The Morgan fingerprint density at radius 2 is 2.36 bits per heavy atom. The second-order valence-electron chi connectivity index (χ2n) is 2.54. The SMILES string of the molecule is COc1ncnc2[nH]cc([N+](=O)[O-])c12. The zero-order valence-electron chi connectivity index (χ0n) is 7.22. The first kappa shape index (κ1) is 8.42. The number of aromatic nitrogens is 3. The Balaban J connectivity index is 2.81. The molecule has 7 nitrogen and oxygen atoms in total. The normalized spacial score (nSPS) is 10.4. The van der Waals surface area contributed by atoms with Gasteiger partial charge in [-0.05, 0) is 0 Å². The van der Waals surface area contributed by atoms with Crippen molar-refractivity contribution >= 4 is 16.7 Å². The van der Waals surface area contributed by atoms with Gasteiger partial charge < -0.3 is 9.72 Å². The van der Waals surface area contributed by atoms with Gasteiger partial charge in [-0.2, -0.15) is 0 Å². The van der Waals surface area contributed by atoms with Gasteiger partial charge in [0, 0.05) is 0 Å². The highest BCUT2D eigenvalue weighted by molar-refractivity contribution is 5.90. The number of H-pyrrole nitrogens is 1. The van der Waals surface area contributed by atoms with E-state index in [0.29, 0.717) is 11.0 Å². The lowest BCUT2D eigenvalue weighted by molar-refractivity contribution is -0.383. The summed E-state index contributed by atoms with van der Waals surface area (Å²) >= 11 is 0. The molecule has 7 heteroatoms. The molecule has 0 unspecified atom stereocenters. The van der Waals surface area contributed by atoms with Gasteiger partial charge >= 0.3 is 5.69 Å². The van der Waals surface area contributed by atoms with Gasteiger partial charge in [0.05, 0.1) is 18.2 Å². The summed E-state index contributed by atoms with van der Waals surface area (Å²) in [6.07, 6.45) is 2.54. The monoisotopic (exact) mass is 194 g/mol. The Kier molecular flexibility index (Phi) is 1.77. The number of nitro groups is 1. The fraction of sp³-hybridized carbons (Fsp3) is 0.143. The summed E-state index contributed by atoms with van der Waals surface area (Å²) in [6, 6.07) is 0. The Morgan fingerprint density at radius 1 is 1.57 bits per heavy atom. The van der Waals surface area contributed by atoms with Crippen LogP contribution in [0.3, 0.4) is 0 Å². The minimum absolute atomic E-state index is 0.0857. The molecule has 0 saturated carbocycles. The lowest BCUT2D eigenvalue weighted by Crippen LogP contribution is -1.92. The average Bonchev–Trinajstić information content (AvgIpc) is 2.60. The number of methoxy groups -OCH3 is 1. The summed E-state index contributed by atoms with van der Waals surface area (Å²) in [7, 11) is 1.40. The molecule has 0 aliphatic carbocycles. The zero-order valence-corrected chi connectivity index (χ0v) is 7.22. The molecule has 0 bridgehead atoms. The number of nitrogens with zero attached hydrogens (tertiary/aromatic N) is 3. The standard InChI is InChI=1S/C7H6N4O3/c1-14-7-5-4(11(12)13)2-8-6(5)9-3-10-7/h2-3H,1H3,(H,8,9,10). The van der Waals surface area contributed by atoms with Crippen molar-refractivity contribution in [2.45, 2.75) is 0 Å². The van der Waals surface area contributed by atoms with Gasteiger partial charge in [0.1, 0.15) is 6.33 Å². The van der Waals surface area contributed by atoms with Crippen molar-refractivity contribution in [2.75, 3.05) is 7.11 Å². The first-order valence-corrected chi connectivity index (χ1v) is 3.74. The van der Waals surface area contributed by atoms with E-state index < -0.39 is 4.92 Å². The van der Waals surface area contributed by atoms with Crippen LogP contribution in [0, 0.1) is 10.1 Å². The van der Waals surface area contributed by atoms with Crippen molar-refractivity contribution in [3.05, 3.63) is 22.6 Å².